The van der Waals surface area contributed by atoms with Crippen molar-refractivity contribution in [3.63, 3.8) is 0 Å². The van der Waals surface area contributed by atoms with Gasteiger partial charge in [0, 0.05) is 33.1 Å². The van der Waals surface area contributed by atoms with Crippen molar-refractivity contribution in [1.29, 1.82) is 16.2 Å². The molecule has 0 aromatic rings. The second-order valence-corrected chi connectivity index (χ2v) is 16.6. The third-order valence-corrected chi connectivity index (χ3v) is 10.6. The van der Waals surface area contributed by atoms with Gasteiger partial charge in [-0.15, -0.1) is 0 Å². The van der Waals surface area contributed by atoms with Gasteiger partial charge in [-0.25, -0.2) is 0 Å². The molecule has 75 heavy (non-hydrogen) atoms. The summed E-state index contributed by atoms with van der Waals surface area (Å²) in [7, 11) is 2.58. The van der Waals surface area contributed by atoms with Gasteiger partial charge in [0.15, 0.2) is 17.9 Å². The molecular formula is C41H75N19O15. The maximum Gasteiger partial charge on any atom is 0.305 e. The van der Waals surface area contributed by atoms with Crippen LogP contribution in [0.25, 0.3) is 0 Å². The number of carboxylic acids is 2. The summed E-state index contributed by atoms with van der Waals surface area (Å²) in [5, 5.41) is 91.5. The highest BCUT2D eigenvalue weighted by atomic mass is 16.4. The molecule has 0 rings (SSSR count). The van der Waals surface area contributed by atoms with Gasteiger partial charge in [-0.1, -0.05) is 0 Å². The second kappa shape index (κ2) is 35.9. The quantitative estimate of drug-likeness (QED) is 0.0156. The first-order chi connectivity index (χ1) is 35.2. The molecule has 34 heteroatoms. The minimum Gasteiger partial charge on any atom is -0.481 e. The highest BCUT2D eigenvalue weighted by Gasteiger charge is 2.34. The molecule has 0 bridgehead atoms. The molecule has 26 N–H and O–H groups in total. The van der Waals surface area contributed by atoms with Gasteiger partial charge in [-0.2, -0.15) is 0 Å². The van der Waals surface area contributed by atoms with Crippen molar-refractivity contribution in [2.45, 2.75) is 126 Å². The number of rotatable bonds is 37. The molecule has 0 aliphatic rings. The Hall–Kier alpha value is -8.14. The molecule has 0 radical (unpaired) electrons. The summed E-state index contributed by atoms with van der Waals surface area (Å²) < 4.78 is 0. The first-order valence-electron chi connectivity index (χ1n) is 23.4. The molecule has 0 aromatic heterocycles. The summed E-state index contributed by atoms with van der Waals surface area (Å²) in [6, 6.07) is -13.4. The average Bonchev–Trinajstić information content (AvgIpc) is 3.33. The predicted molar refractivity (Wildman–Crippen MR) is 264 cm³/mol. The average molecular weight is 1070 g/mol. The third-order valence-electron chi connectivity index (χ3n) is 10.6. The SMILES string of the molecule is CNC(=O)[C@H](CC(=O)O)NC(=O)[C@H](C)NC(=O)[C@H](CO)NC(=O)[C@H](CCCNC(=N)N)NC(=O)[C@H](CCCNC(=N)N)NC(=O)[C@H](C)NC(=O)[C@H](CCC(=O)O)NC(=O)[C@H](CCCNC(=N)N)NC(=O)[C@H](CO)NC. The Bertz CT molecular complexity index is 2010. The van der Waals surface area contributed by atoms with Crippen LogP contribution in [0.15, 0.2) is 0 Å². The van der Waals surface area contributed by atoms with Crippen LogP contribution in [0.5, 0.6) is 0 Å². The van der Waals surface area contributed by atoms with Gasteiger partial charge in [-0.3, -0.25) is 69.0 Å². The molecule has 0 spiro atoms. The van der Waals surface area contributed by atoms with E-state index in [1.165, 1.54) is 27.9 Å². The van der Waals surface area contributed by atoms with Crippen LogP contribution < -0.4 is 86.3 Å². The van der Waals surface area contributed by atoms with Crippen LogP contribution in [-0.4, -0.2) is 205 Å². The Balaban J connectivity index is 6.56. The van der Waals surface area contributed by atoms with E-state index in [0.29, 0.717) is 0 Å². The molecule has 34 nitrogen and oxygen atoms in total. The Morgan fingerprint density at radius 2 is 0.720 bits per heavy atom. The minimum atomic E-state index is -1.77. The zero-order chi connectivity index (χ0) is 57.4. The van der Waals surface area contributed by atoms with Gasteiger partial charge in [-0.05, 0) is 65.8 Å². The minimum absolute atomic E-state index is 0.000863. The number of aliphatic hydroxyl groups is 2. The zero-order valence-corrected chi connectivity index (χ0v) is 42.1. The van der Waals surface area contributed by atoms with Gasteiger partial charge in [0.25, 0.3) is 0 Å². The second-order valence-electron chi connectivity index (χ2n) is 16.6. The first kappa shape index (κ1) is 66.9. The van der Waals surface area contributed by atoms with E-state index in [4.69, 9.17) is 38.5 Å². The van der Waals surface area contributed by atoms with Crippen molar-refractivity contribution >= 4 is 83.0 Å². The fraction of sp³-hybridized carbons (Fsp3) is 0.659. The fourth-order valence-electron chi connectivity index (χ4n) is 6.43. The van der Waals surface area contributed by atoms with Crippen LogP contribution in [0, 0.1) is 16.2 Å². The molecule has 0 saturated heterocycles. The van der Waals surface area contributed by atoms with E-state index in [9.17, 15) is 68.1 Å². The summed E-state index contributed by atoms with van der Waals surface area (Å²) in [6.45, 7) is 0.748. The van der Waals surface area contributed by atoms with Crippen LogP contribution in [-0.2, 0) is 52.7 Å². The van der Waals surface area contributed by atoms with Crippen molar-refractivity contribution in [3.8, 4) is 0 Å². The van der Waals surface area contributed by atoms with Gasteiger partial charge >= 0.3 is 11.9 Å². The number of guanidine groups is 3. The number of aliphatic hydroxyl groups excluding tert-OH is 2. The van der Waals surface area contributed by atoms with Gasteiger partial charge in [0.2, 0.25) is 53.2 Å². The van der Waals surface area contributed by atoms with E-state index in [1.807, 2.05) is 0 Å². The molecule has 9 atom stereocenters. The largest absolute Gasteiger partial charge is 0.481 e. The number of likely N-dealkylation sites (N-methyl/N-ethyl adjacent to an activating group) is 2. The van der Waals surface area contributed by atoms with Crippen molar-refractivity contribution in [2.24, 2.45) is 17.2 Å². The smallest absolute Gasteiger partial charge is 0.305 e. The normalized spacial score (nSPS) is 14.3. The molecule has 9 amide bonds. The van der Waals surface area contributed by atoms with Crippen LogP contribution >= 0.6 is 0 Å². The number of aliphatic carboxylic acids is 2. The summed E-state index contributed by atoms with van der Waals surface area (Å²) in [4.78, 5) is 142. The Morgan fingerprint density at radius 1 is 0.413 bits per heavy atom. The van der Waals surface area contributed by atoms with E-state index in [2.05, 4.69) is 69.1 Å². The molecule has 0 aliphatic carbocycles. The fourth-order valence-corrected chi connectivity index (χ4v) is 6.43. The number of nitrogens with one attached hydrogen (secondary N) is 16. The van der Waals surface area contributed by atoms with Crippen LogP contribution in [0.1, 0.15) is 71.6 Å². The third kappa shape index (κ3) is 28.0. The molecule has 0 aliphatic heterocycles. The van der Waals surface area contributed by atoms with Crippen molar-refractivity contribution in [2.75, 3.05) is 46.9 Å². The lowest BCUT2D eigenvalue weighted by atomic mass is 10.1. The van der Waals surface area contributed by atoms with E-state index < -0.39 is 164 Å². The number of carbonyl (C=O) groups excluding carboxylic acids is 9. The standard InChI is InChI=1S/C41H75N19O15/c1-19(53-33(70)24(11-12-28(63)64)58-35(72)22(9-6-14-51-40(44)45)57-37(74)26(17-61)48-3)30(67)55-21(8-5-13-50-39(42)43)34(71)56-23(10-7-15-52-41(46)47)36(73)60-27(18-62)38(75)54-20(2)31(68)59-25(16-29(65)66)32(69)49-4/h19-27,48,61-62H,5-18H2,1-4H3,(H,49,69)(H,53,70)(H,54,75)(H,55,67)(H,56,71)(H,57,74)(H,58,72)(H,59,68)(H,60,73)(H,63,64)(H,65,66)(H4,42,43,50)(H4,44,45,51)(H4,46,47,52)/t19-,20-,21-,22-,23-,24-,25-,26-,27-/m0/s1. The van der Waals surface area contributed by atoms with Gasteiger partial charge in [0.1, 0.15) is 54.4 Å². The molecule has 0 unspecified atom stereocenters. The van der Waals surface area contributed by atoms with Crippen molar-refractivity contribution in [1.82, 2.24) is 69.1 Å². The number of carbonyl (C=O) groups is 11. The van der Waals surface area contributed by atoms with E-state index >= 15 is 0 Å². The van der Waals surface area contributed by atoms with Crippen LogP contribution in [0.4, 0.5) is 0 Å². The Morgan fingerprint density at radius 3 is 1.04 bits per heavy atom. The predicted octanol–water partition coefficient (Wildman–Crippen LogP) is -9.65. The highest BCUT2D eigenvalue weighted by Crippen LogP contribution is 2.07. The first-order valence-corrected chi connectivity index (χ1v) is 23.4. The monoisotopic (exact) mass is 1070 g/mol. The lowest BCUT2D eigenvalue weighted by Crippen LogP contribution is -2.60. The van der Waals surface area contributed by atoms with Gasteiger partial charge in [0.05, 0.1) is 19.6 Å². The summed E-state index contributed by atoms with van der Waals surface area (Å²) in [5.41, 5.74) is 16.1. The summed E-state index contributed by atoms with van der Waals surface area (Å²) in [6.07, 6.45) is -2.24. The van der Waals surface area contributed by atoms with Gasteiger partial charge < -0.3 is 107 Å². The molecule has 424 valence electrons. The Kier molecular flexibility index (Phi) is 32.0. The maximum atomic E-state index is 14.0. The number of carboxylic acid groups (broad SMARTS) is 2. The van der Waals surface area contributed by atoms with Crippen molar-refractivity contribution < 1.29 is 73.2 Å². The lowest BCUT2D eigenvalue weighted by molar-refractivity contribution is -0.141. The number of amides is 9. The molecule has 0 heterocycles. The maximum absolute atomic E-state index is 14.0. The molecule has 0 fully saturated rings. The van der Waals surface area contributed by atoms with Crippen LogP contribution in [0.2, 0.25) is 0 Å². The summed E-state index contributed by atoms with van der Waals surface area (Å²) >= 11 is 0. The zero-order valence-electron chi connectivity index (χ0n) is 42.1. The van der Waals surface area contributed by atoms with E-state index in [1.54, 1.807) is 0 Å². The molecule has 0 saturated carbocycles. The summed E-state index contributed by atoms with van der Waals surface area (Å²) in [5.74, 6) is -12.9. The van der Waals surface area contributed by atoms with Crippen LogP contribution in [0.3, 0.4) is 0 Å². The number of nitrogens with two attached hydrogens (primary N) is 3. The lowest BCUT2D eigenvalue weighted by Gasteiger charge is -2.27. The number of hydrogen-bond donors (Lipinski definition) is 23. The Labute approximate surface area is 431 Å². The topological polar surface area (TPSA) is 575 Å². The molecular weight excluding hydrogens is 999 g/mol. The highest BCUT2D eigenvalue weighted by molar-refractivity contribution is 5.98. The van der Waals surface area contributed by atoms with E-state index in [0.717, 1.165) is 0 Å². The molecule has 0 aromatic carbocycles. The van der Waals surface area contributed by atoms with Crippen molar-refractivity contribution in [3.05, 3.63) is 0 Å². The van der Waals surface area contributed by atoms with E-state index in [-0.39, 0.29) is 64.1 Å². The number of hydrogen-bond acceptors (Lipinski definition) is 17.